The molecule has 6 heteroatoms. The van der Waals surface area contributed by atoms with Crippen LogP contribution in [-0.4, -0.2) is 5.21 Å². The number of alkyl halides is 3. The van der Waals surface area contributed by atoms with Crippen LogP contribution in [0, 0.1) is 5.82 Å². The first-order valence-electron chi connectivity index (χ1n) is 3.67. The Morgan fingerprint density at radius 3 is 2.43 bits per heavy atom. The molecule has 0 unspecified atom stereocenters. The third-order valence-electron chi connectivity index (χ3n) is 1.64. The molecule has 1 aromatic rings. The first-order valence-corrected chi connectivity index (χ1v) is 3.67. The van der Waals surface area contributed by atoms with Crippen molar-refractivity contribution in [1.29, 1.82) is 0 Å². The zero-order chi connectivity index (χ0) is 10.8. The molecule has 1 rings (SSSR count). The van der Waals surface area contributed by atoms with Gasteiger partial charge in [-0.25, -0.2) is 9.87 Å². The van der Waals surface area contributed by atoms with Crippen LogP contribution in [0.25, 0.3) is 0 Å². The molecule has 0 aliphatic rings. The quantitative estimate of drug-likeness (QED) is 0.578. The van der Waals surface area contributed by atoms with E-state index in [2.05, 4.69) is 0 Å². The predicted molar refractivity (Wildman–Crippen MR) is 40.0 cm³/mol. The maximum Gasteiger partial charge on any atom is 0.416 e. The van der Waals surface area contributed by atoms with Crippen molar-refractivity contribution in [3.63, 3.8) is 0 Å². The summed E-state index contributed by atoms with van der Waals surface area (Å²) in [5, 5.41) is 8.26. The van der Waals surface area contributed by atoms with Crippen molar-refractivity contribution >= 4 is 0 Å². The summed E-state index contributed by atoms with van der Waals surface area (Å²) in [6.45, 7) is -0.452. The van der Waals surface area contributed by atoms with Gasteiger partial charge in [-0.2, -0.15) is 13.2 Å². The molecule has 14 heavy (non-hydrogen) atoms. The zero-order valence-electron chi connectivity index (χ0n) is 6.90. The minimum atomic E-state index is -4.54. The standard InChI is InChI=1S/C8H7F4NO/c9-6-1-2-7(8(10,11)12)5(3-6)4-13-14/h1-3,13-14H,4H2. The topological polar surface area (TPSA) is 32.3 Å². The maximum absolute atomic E-state index is 12.6. The molecule has 0 bridgehead atoms. The normalized spacial score (nSPS) is 11.8. The number of benzene rings is 1. The molecule has 0 fully saturated rings. The lowest BCUT2D eigenvalue weighted by Gasteiger charge is -2.11. The van der Waals surface area contributed by atoms with E-state index < -0.39 is 24.1 Å². The molecule has 0 aliphatic carbocycles. The summed E-state index contributed by atoms with van der Waals surface area (Å²) in [5.74, 6) is -0.775. The van der Waals surface area contributed by atoms with E-state index in [1.54, 1.807) is 5.48 Å². The summed E-state index contributed by atoms with van der Waals surface area (Å²) in [4.78, 5) is 0. The minimum Gasteiger partial charge on any atom is -0.316 e. The van der Waals surface area contributed by atoms with Gasteiger partial charge in [0.1, 0.15) is 5.82 Å². The van der Waals surface area contributed by atoms with E-state index in [0.717, 1.165) is 12.1 Å². The third-order valence-corrected chi connectivity index (χ3v) is 1.64. The Morgan fingerprint density at radius 1 is 1.29 bits per heavy atom. The van der Waals surface area contributed by atoms with E-state index in [0.29, 0.717) is 6.07 Å². The molecule has 0 atom stereocenters. The van der Waals surface area contributed by atoms with Gasteiger partial charge in [0, 0.05) is 6.54 Å². The van der Waals surface area contributed by atoms with Crippen LogP contribution in [0.5, 0.6) is 0 Å². The van der Waals surface area contributed by atoms with Gasteiger partial charge in [0.15, 0.2) is 0 Å². The van der Waals surface area contributed by atoms with Crippen molar-refractivity contribution in [2.24, 2.45) is 0 Å². The largest absolute Gasteiger partial charge is 0.416 e. The minimum absolute atomic E-state index is 0.333. The zero-order valence-corrected chi connectivity index (χ0v) is 6.90. The van der Waals surface area contributed by atoms with Gasteiger partial charge >= 0.3 is 6.18 Å². The average Bonchev–Trinajstić information content (AvgIpc) is 2.02. The van der Waals surface area contributed by atoms with Gasteiger partial charge in [0.05, 0.1) is 5.56 Å². The van der Waals surface area contributed by atoms with Gasteiger partial charge in [-0.1, -0.05) is 0 Å². The smallest absolute Gasteiger partial charge is 0.316 e. The summed E-state index contributed by atoms with van der Waals surface area (Å²) >= 11 is 0. The van der Waals surface area contributed by atoms with Crippen LogP contribution < -0.4 is 5.48 Å². The molecule has 2 nitrogen and oxygen atoms in total. The number of hydroxylamine groups is 1. The van der Waals surface area contributed by atoms with E-state index in [9.17, 15) is 17.6 Å². The number of halogens is 4. The van der Waals surface area contributed by atoms with Crippen LogP contribution in [0.4, 0.5) is 17.6 Å². The Labute approximate surface area is 77.1 Å². The van der Waals surface area contributed by atoms with Gasteiger partial charge in [-0.3, -0.25) is 0 Å². The summed E-state index contributed by atoms with van der Waals surface area (Å²) in [6.07, 6.45) is -4.54. The van der Waals surface area contributed by atoms with Crippen LogP contribution in [0.3, 0.4) is 0 Å². The Bertz CT molecular complexity index is 324. The van der Waals surface area contributed by atoms with Crippen molar-refractivity contribution in [3.8, 4) is 0 Å². The average molecular weight is 209 g/mol. The molecule has 0 amide bonds. The molecule has 0 aromatic heterocycles. The number of nitrogens with one attached hydrogen (secondary N) is 1. The first-order chi connectivity index (χ1) is 6.45. The monoisotopic (exact) mass is 209 g/mol. The molecule has 0 saturated carbocycles. The molecule has 0 radical (unpaired) electrons. The highest BCUT2D eigenvalue weighted by Crippen LogP contribution is 2.32. The Kier molecular flexibility index (Phi) is 3.07. The molecular formula is C8H7F4NO. The lowest BCUT2D eigenvalue weighted by Crippen LogP contribution is -2.14. The fourth-order valence-electron chi connectivity index (χ4n) is 1.07. The second-order valence-electron chi connectivity index (χ2n) is 2.63. The Hall–Kier alpha value is -1.14. The summed E-state index contributed by atoms with van der Waals surface area (Å²) in [6, 6.07) is 2.09. The number of hydrogen-bond acceptors (Lipinski definition) is 2. The second kappa shape index (κ2) is 3.93. The van der Waals surface area contributed by atoms with Crippen LogP contribution in [0.15, 0.2) is 18.2 Å². The van der Waals surface area contributed by atoms with Gasteiger partial charge in [0.2, 0.25) is 0 Å². The van der Waals surface area contributed by atoms with Crippen molar-refractivity contribution in [3.05, 3.63) is 35.1 Å². The maximum atomic E-state index is 12.6. The Balaban J connectivity index is 3.15. The lowest BCUT2D eigenvalue weighted by atomic mass is 10.1. The second-order valence-corrected chi connectivity index (χ2v) is 2.63. The van der Waals surface area contributed by atoms with E-state index in [4.69, 9.17) is 5.21 Å². The van der Waals surface area contributed by atoms with Crippen molar-refractivity contribution in [1.82, 2.24) is 5.48 Å². The SMILES string of the molecule is ONCc1cc(F)ccc1C(F)(F)F. The highest BCUT2D eigenvalue weighted by molar-refractivity contribution is 5.30. The van der Waals surface area contributed by atoms with E-state index in [-0.39, 0.29) is 5.56 Å². The molecule has 0 heterocycles. The van der Waals surface area contributed by atoms with E-state index in [1.807, 2.05) is 0 Å². The van der Waals surface area contributed by atoms with Crippen LogP contribution in [-0.2, 0) is 12.7 Å². The fraction of sp³-hybridized carbons (Fsp3) is 0.250. The van der Waals surface area contributed by atoms with Gasteiger partial charge < -0.3 is 5.21 Å². The molecule has 0 aliphatic heterocycles. The number of hydrogen-bond donors (Lipinski definition) is 2. The van der Waals surface area contributed by atoms with Gasteiger partial charge in [-0.05, 0) is 23.8 Å². The first kappa shape index (κ1) is 10.9. The van der Waals surface area contributed by atoms with Crippen molar-refractivity contribution < 1.29 is 22.8 Å². The molecule has 2 N–H and O–H groups in total. The summed E-state index contributed by atoms with van der Waals surface area (Å²) in [5.41, 5.74) is 0.266. The molecule has 1 aromatic carbocycles. The summed E-state index contributed by atoms with van der Waals surface area (Å²) < 4.78 is 49.4. The lowest BCUT2D eigenvalue weighted by molar-refractivity contribution is -0.138. The summed E-state index contributed by atoms with van der Waals surface area (Å²) in [7, 11) is 0. The molecule has 78 valence electrons. The van der Waals surface area contributed by atoms with Crippen LogP contribution in [0.1, 0.15) is 11.1 Å². The highest BCUT2D eigenvalue weighted by Gasteiger charge is 2.33. The van der Waals surface area contributed by atoms with E-state index in [1.165, 1.54) is 0 Å². The number of rotatable bonds is 2. The molecular weight excluding hydrogens is 202 g/mol. The van der Waals surface area contributed by atoms with Crippen molar-refractivity contribution in [2.75, 3.05) is 0 Å². The van der Waals surface area contributed by atoms with Crippen molar-refractivity contribution in [2.45, 2.75) is 12.7 Å². The van der Waals surface area contributed by atoms with E-state index >= 15 is 0 Å². The fourth-order valence-corrected chi connectivity index (χ4v) is 1.07. The predicted octanol–water partition coefficient (Wildman–Crippen LogP) is 2.32. The van der Waals surface area contributed by atoms with Crippen LogP contribution in [0.2, 0.25) is 0 Å². The Morgan fingerprint density at radius 2 is 1.93 bits per heavy atom. The van der Waals surface area contributed by atoms with Crippen LogP contribution >= 0.6 is 0 Å². The van der Waals surface area contributed by atoms with Gasteiger partial charge in [0.25, 0.3) is 0 Å². The molecule has 0 spiro atoms. The highest BCUT2D eigenvalue weighted by atomic mass is 19.4. The molecule has 0 saturated heterocycles. The third kappa shape index (κ3) is 2.43. The van der Waals surface area contributed by atoms with Gasteiger partial charge in [-0.15, -0.1) is 0 Å².